The van der Waals surface area contributed by atoms with Gasteiger partial charge in [0.15, 0.2) is 0 Å². The molecule has 0 aliphatic heterocycles. The van der Waals surface area contributed by atoms with Gasteiger partial charge in [0.05, 0.1) is 10.6 Å². The zero-order chi connectivity index (χ0) is 29.6. The molecule has 2 amide bonds. The van der Waals surface area contributed by atoms with E-state index in [9.17, 15) is 18.0 Å². The van der Waals surface area contributed by atoms with E-state index in [4.69, 9.17) is 34.8 Å². The summed E-state index contributed by atoms with van der Waals surface area (Å²) in [6.45, 7) is 6.41. The molecule has 1 N–H and O–H groups in total. The smallest absolute Gasteiger partial charge is 0.264 e. The molecular weight excluding hydrogens is 593 g/mol. The van der Waals surface area contributed by atoms with Gasteiger partial charge in [-0.05, 0) is 75.2 Å². The molecule has 0 radical (unpaired) electrons. The monoisotopic (exact) mass is 623 g/mol. The first-order chi connectivity index (χ1) is 18.9. The average Bonchev–Trinajstić information content (AvgIpc) is 2.91. The summed E-state index contributed by atoms with van der Waals surface area (Å²) >= 11 is 19.0. The summed E-state index contributed by atoms with van der Waals surface area (Å²) < 4.78 is 28.8. The first-order valence-electron chi connectivity index (χ1n) is 12.7. The molecule has 0 heterocycles. The van der Waals surface area contributed by atoms with Gasteiger partial charge in [0.2, 0.25) is 11.8 Å². The van der Waals surface area contributed by atoms with Gasteiger partial charge in [0, 0.05) is 33.2 Å². The number of halogens is 3. The third-order valence-electron chi connectivity index (χ3n) is 6.60. The maximum atomic E-state index is 14.0. The Morgan fingerprint density at radius 1 is 0.925 bits per heavy atom. The zero-order valence-electron chi connectivity index (χ0n) is 22.7. The van der Waals surface area contributed by atoms with Crippen LogP contribution in [0.2, 0.25) is 15.1 Å². The van der Waals surface area contributed by atoms with Crippen molar-refractivity contribution in [2.75, 3.05) is 10.8 Å². The summed E-state index contributed by atoms with van der Waals surface area (Å²) in [5, 5.41) is 3.96. The number of carbonyl (C=O) groups excluding carboxylic acids is 2. The van der Waals surface area contributed by atoms with Crippen LogP contribution in [0.3, 0.4) is 0 Å². The van der Waals surface area contributed by atoms with Crippen LogP contribution in [0, 0.1) is 6.92 Å². The number of rotatable bonds is 11. The topological polar surface area (TPSA) is 86.8 Å². The van der Waals surface area contributed by atoms with E-state index in [2.05, 4.69) is 5.32 Å². The van der Waals surface area contributed by atoms with E-state index >= 15 is 0 Å². The normalized spacial score (nSPS) is 12.9. The van der Waals surface area contributed by atoms with Crippen LogP contribution in [0.4, 0.5) is 5.69 Å². The Kier molecular flexibility index (Phi) is 10.9. The lowest BCUT2D eigenvalue weighted by molar-refractivity contribution is -0.139. The fourth-order valence-electron chi connectivity index (χ4n) is 4.03. The number of aryl methyl sites for hydroxylation is 1. The van der Waals surface area contributed by atoms with E-state index in [1.807, 2.05) is 13.8 Å². The summed E-state index contributed by atoms with van der Waals surface area (Å²) in [5.74, 6) is -0.998. The van der Waals surface area contributed by atoms with E-state index in [0.717, 1.165) is 4.31 Å². The molecule has 3 rings (SSSR count). The van der Waals surface area contributed by atoms with Crippen LogP contribution in [-0.4, -0.2) is 43.8 Å². The largest absolute Gasteiger partial charge is 0.352 e. The van der Waals surface area contributed by atoms with Gasteiger partial charge >= 0.3 is 0 Å². The number of sulfonamides is 1. The Balaban J connectivity index is 2.09. The Morgan fingerprint density at radius 3 is 2.12 bits per heavy atom. The first-order valence-corrected chi connectivity index (χ1v) is 15.3. The van der Waals surface area contributed by atoms with Gasteiger partial charge < -0.3 is 10.2 Å². The van der Waals surface area contributed by atoms with Crippen LogP contribution in [0.5, 0.6) is 0 Å². The minimum absolute atomic E-state index is 0.0143. The van der Waals surface area contributed by atoms with Crippen molar-refractivity contribution in [1.29, 1.82) is 0 Å². The van der Waals surface area contributed by atoms with E-state index in [0.29, 0.717) is 32.6 Å². The van der Waals surface area contributed by atoms with Gasteiger partial charge in [-0.3, -0.25) is 13.9 Å². The lowest BCUT2D eigenvalue weighted by Crippen LogP contribution is -2.52. The van der Waals surface area contributed by atoms with Crippen LogP contribution < -0.4 is 9.62 Å². The van der Waals surface area contributed by atoms with Gasteiger partial charge in [0.25, 0.3) is 10.0 Å². The molecule has 40 heavy (non-hydrogen) atoms. The number of amides is 2. The Bertz CT molecular complexity index is 1450. The minimum Gasteiger partial charge on any atom is -0.352 e. The predicted octanol–water partition coefficient (Wildman–Crippen LogP) is 6.48. The second-order valence-electron chi connectivity index (χ2n) is 9.47. The highest BCUT2D eigenvalue weighted by molar-refractivity contribution is 7.92. The van der Waals surface area contributed by atoms with Gasteiger partial charge in [-0.1, -0.05) is 66.0 Å². The highest BCUT2D eigenvalue weighted by atomic mass is 35.5. The third kappa shape index (κ3) is 7.49. The molecule has 0 fully saturated rings. The van der Waals surface area contributed by atoms with E-state index in [-0.39, 0.29) is 29.1 Å². The summed E-state index contributed by atoms with van der Waals surface area (Å²) in [6.07, 6.45) is 0.696. The molecule has 7 nitrogen and oxygen atoms in total. The Morgan fingerprint density at radius 2 is 1.55 bits per heavy atom. The van der Waals surface area contributed by atoms with Crippen molar-refractivity contribution in [3.63, 3.8) is 0 Å². The first kappa shape index (κ1) is 31.7. The fraction of sp³-hybridized carbons (Fsp3) is 0.310. The molecule has 0 aromatic heterocycles. The van der Waals surface area contributed by atoms with E-state index in [1.54, 1.807) is 68.4 Å². The highest BCUT2D eigenvalue weighted by Crippen LogP contribution is 2.30. The molecule has 214 valence electrons. The highest BCUT2D eigenvalue weighted by Gasteiger charge is 2.33. The summed E-state index contributed by atoms with van der Waals surface area (Å²) in [7, 11) is -4.19. The SMILES string of the molecule is CC[C@H](C)NC(=O)[C@@H](C)N(Cc1c(Cl)cccc1Cl)C(=O)CN(c1ccc(Cl)cc1C)S(=O)(=O)c1ccccc1. The molecule has 0 bridgehead atoms. The third-order valence-corrected chi connectivity index (χ3v) is 9.31. The van der Waals surface area contributed by atoms with Gasteiger partial charge in [-0.25, -0.2) is 8.42 Å². The van der Waals surface area contributed by atoms with Crippen molar-refractivity contribution in [3.05, 3.63) is 92.9 Å². The van der Waals surface area contributed by atoms with Gasteiger partial charge in [-0.15, -0.1) is 0 Å². The van der Waals surface area contributed by atoms with E-state index in [1.165, 1.54) is 17.0 Å². The number of carbonyl (C=O) groups is 2. The van der Waals surface area contributed by atoms with Crippen LogP contribution in [-0.2, 0) is 26.2 Å². The van der Waals surface area contributed by atoms with Crippen molar-refractivity contribution in [3.8, 4) is 0 Å². The van der Waals surface area contributed by atoms with Crippen molar-refractivity contribution < 1.29 is 18.0 Å². The van der Waals surface area contributed by atoms with Crippen LogP contribution in [0.1, 0.15) is 38.3 Å². The number of hydrogen-bond acceptors (Lipinski definition) is 4. The molecule has 11 heteroatoms. The summed E-state index contributed by atoms with van der Waals surface area (Å²) in [6, 6.07) is 16.4. The molecule has 0 saturated heterocycles. The maximum absolute atomic E-state index is 14.0. The number of anilines is 1. The molecular formula is C29H32Cl3N3O4S. The molecule has 0 aliphatic carbocycles. The molecule has 2 atom stereocenters. The number of nitrogens with zero attached hydrogens (tertiary/aromatic N) is 2. The molecule has 0 unspecified atom stereocenters. The van der Waals surface area contributed by atoms with Gasteiger partial charge in [-0.2, -0.15) is 0 Å². The number of nitrogens with one attached hydrogen (secondary N) is 1. The lowest BCUT2D eigenvalue weighted by Gasteiger charge is -2.33. The fourth-order valence-corrected chi connectivity index (χ4v) is 6.28. The second kappa shape index (κ2) is 13.7. The molecule has 3 aromatic rings. The average molecular weight is 625 g/mol. The summed E-state index contributed by atoms with van der Waals surface area (Å²) in [5.41, 5.74) is 1.29. The minimum atomic E-state index is -4.19. The van der Waals surface area contributed by atoms with Crippen LogP contribution in [0.25, 0.3) is 0 Å². The van der Waals surface area contributed by atoms with E-state index < -0.39 is 28.5 Å². The molecule has 3 aromatic carbocycles. The Hall–Kier alpha value is -2.78. The quantitative estimate of drug-likeness (QED) is 0.265. The summed E-state index contributed by atoms with van der Waals surface area (Å²) in [4.78, 5) is 28.5. The molecule has 0 saturated carbocycles. The molecule has 0 aliphatic rings. The van der Waals surface area contributed by atoms with Crippen molar-refractivity contribution >= 4 is 62.3 Å². The number of hydrogen-bond donors (Lipinski definition) is 1. The Labute approximate surface area is 251 Å². The van der Waals surface area contributed by atoms with Crippen molar-refractivity contribution in [2.24, 2.45) is 0 Å². The van der Waals surface area contributed by atoms with Crippen molar-refractivity contribution in [1.82, 2.24) is 10.2 Å². The number of benzene rings is 3. The predicted molar refractivity (Wildman–Crippen MR) is 162 cm³/mol. The zero-order valence-corrected chi connectivity index (χ0v) is 25.8. The standard InChI is InChI=1S/C29H32Cl3N3O4S/c1-5-20(3)33-29(37)21(4)34(17-24-25(31)12-9-13-26(24)32)28(36)18-35(27-15-14-22(30)16-19(27)2)40(38,39)23-10-7-6-8-11-23/h6-16,20-21H,5,17-18H2,1-4H3,(H,33,37)/t20-,21+/m0/s1. The second-order valence-corrected chi connectivity index (χ2v) is 12.6. The van der Waals surface area contributed by atoms with Crippen LogP contribution in [0.15, 0.2) is 71.6 Å². The lowest BCUT2D eigenvalue weighted by atomic mass is 10.1. The van der Waals surface area contributed by atoms with Crippen LogP contribution >= 0.6 is 34.8 Å². The van der Waals surface area contributed by atoms with Crippen molar-refractivity contribution in [2.45, 2.75) is 57.6 Å². The maximum Gasteiger partial charge on any atom is 0.264 e. The van der Waals surface area contributed by atoms with Gasteiger partial charge in [0.1, 0.15) is 12.6 Å². The molecule has 0 spiro atoms.